The Morgan fingerprint density at radius 2 is 1.89 bits per heavy atom. The van der Waals surface area contributed by atoms with Gasteiger partial charge in [0.25, 0.3) is 0 Å². The summed E-state index contributed by atoms with van der Waals surface area (Å²) < 4.78 is 5.23. The number of nitrogens with one attached hydrogen (secondary N) is 1. The molecule has 1 unspecified atom stereocenters. The number of thioether (sulfide) groups is 1. The Bertz CT molecular complexity index is 528. The van der Waals surface area contributed by atoms with Crippen molar-refractivity contribution in [1.29, 1.82) is 0 Å². The Kier molecular flexibility index (Phi) is 4.82. The SMILES string of the molecule is CNC(c1ccc(SC)cc1)c1cncc(OC)c1. The standard InChI is InChI=1S/C15H18N2OS/c1-16-15(11-4-6-14(19-3)7-5-11)12-8-13(18-2)10-17-9-12/h4-10,15-16H,1-3H3. The second-order valence-corrected chi connectivity index (χ2v) is 5.03. The molecule has 1 heterocycles. The molecule has 0 radical (unpaired) electrons. The van der Waals surface area contributed by atoms with Gasteiger partial charge in [-0.2, -0.15) is 0 Å². The lowest BCUT2D eigenvalue weighted by Crippen LogP contribution is -2.17. The number of ether oxygens (including phenoxy) is 1. The van der Waals surface area contributed by atoms with Gasteiger partial charge in [-0.1, -0.05) is 12.1 Å². The van der Waals surface area contributed by atoms with Crippen LogP contribution in [0.2, 0.25) is 0 Å². The smallest absolute Gasteiger partial charge is 0.137 e. The Hall–Kier alpha value is -1.52. The molecule has 4 heteroatoms. The van der Waals surface area contributed by atoms with Crippen molar-refractivity contribution >= 4 is 11.8 Å². The summed E-state index contributed by atoms with van der Waals surface area (Å²) in [6.45, 7) is 0. The highest BCUT2D eigenvalue weighted by molar-refractivity contribution is 7.98. The van der Waals surface area contributed by atoms with Crippen molar-refractivity contribution < 1.29 is 4.74 Å². The number of hydrogen-bond donors (Lipinski definition) is 1. The minimum atomic E-state index is 0.124. The zero-order valence-corrected chi connectivity index (χ0v) is 12.2. The zero-order valence-electron chi connectivity index (χ0n) is 11.4. The summed E-state index contributed by atoms with van der Waals surface area (Å²) in [4.78, 5) is 5.48. The van der Waals surface area contributed by atoms with E-state index >= 15 is 0 Å². The molecule has 0 saturated heterocycles. The summed E-state index contributed by atoms with van der Waals surface area (Å²) in [5.41, 5.74) is 2.31. The van der Waals surface area contributed by atoms with Crippen LogP contribution in [0.15, 0.2) is 47.6 Å². The van der Waals surface area contributed by atoms with Gasteiger partial charge in [0.1, 0.15) is 5.75 Å². The van der Waals surface area contributed by atoms with Crippen molar-refractivity contribution in [2.75, 3.05) is 20.4 Å². The van der Waals surface area contributed by atoms with E-state index in [2.05, 4.69) is 40.8 Å². The maximum Gasteiger partial charge on any atom is 0.137 e. The Balaban J connectivity index is 2.31. The molecule has 2 aromatic rings. The summed E-state index contributed by atoms with van der Waals surface area (Å²) in [7, 11) is 3.61. The molecule has 2 rings (SSSR count). The maximum absolute atomic E-state index is 5.23. The molecule has 0 fully saturated rings. The minimum absolute atomic E-state index is 0.124. The highest BCUT2D eigenvalue weighted by Crippen LogP contribution is 2.25. The predicted molar refractivity (Wildman–Crippen MR) is 79.9 cm³/mol. The van der Waals surface area contributed by atoms with E-state index in [1.165, 1.54) is 10.5 Å². The predicted octanol–water partition coefficient (Wildman–Crippen LogP) is 3.12. The van der Waals surface area contributed by atoms with E-state index in [1.807, 2.05) is 19.3 Å². The van der Waals surface area contributed by atoms with E-state index in [0.717, 1.165) is 11.3 Å². The van der Waals surface area contributed by atoms with Gasteiger partial charge in [-0.3, -0.25) is 4.98 Å². The molecule has 0 saturated carbocycles. The number of aromatic nitrogens is 1. The van der Waals surface area contributed by atoms with E-state index in [0.29, 0.717) is 0 Å². The Morgan fingerprint density at radius 3 is 2.47 bits per heavy atom. The van der Waals surface area contributed by atoms with Crippen LogP contribution >= 0.6 is 11.8 Å². The topological polar surface area (TPSA) is 34.2 Å². The van der Waals surface area contributed by atoms with Gasteiger partial charge in [-0.05, 0) is 42.6 Å². The number of methoxy groups -OCH3 is 1. The van der Waals surface area contributed by atoms with Crippen LogP contribution in [0.5, 0.6) is 5.75 Å². The van der Waals surface area contributed by atoms with E-state index in [1.54, 1.807) is 25.1 Å². The van der Waals surface area contributed by atoms with Gasteiger partial charge in [-0.15, -0.1) is 11.8 Å². The number of pyridine rings is 1. The van der Waals surface area contributed by atoms with Gasteiger partial charge in [0, 0.05) is 11.1 Å². The molecule has 1 N–H and O–H groups in total. The van der Waals surface area contributed by atoms with Crippen LogP contribution < -0.4 is 10.1 Å². The first kappa shape index (κ1) is 13.9. The lowest BCUT2D eigenvalue weighted by molar-refractivity contribution is 0.411. The van der Waals surface area contributed by atoms with Crippen LogP contribution in [0.4, 0.5) is 0 Å². The first-order chi connectivity index (χ1) is 9.28. The maximum atomic E-state index is 5.23. The van der Waals surface area contributed by atoms with Crippen molar-refractivity contribution in [3.63, 3.8) is 0 Å². The molecular weight excluding hydrogens is 256 g/mol. The average Bonchev–Trinajstić information content (AvgIpc) is 2.49. The molecule has 0 spiro atoms. The number of hydrogen-bond acceptors (Lipinski definition) is 4. The summed E-state index contributed by atoms with van der Waals surface area (Å²) in [5, 5.41) is 3.32. The van der Waals surface area contributed by atoms with Gasteiger partial charge in [0.05, 0.1) is 19.3 Å². The molecule has 0 aliphatic carbocycles. The summed E-state index contributed by atoms with van der Waals surface area (Å²) in [5.74, 6) is 0.776. The van der Waals surface area contributed by atoms with Gasteiger partial charge in [0.2, 0.25) is 0 Å². The van der Waals surface area contributed by atoms with Gasteiger partial charge in [-0.25, -0.2) is 0 Å². The van der Waals surface area contributed by atoms with E-state index < -0.39 is 0 Å². The number of nitrogens with zero attached hydrogens (tertiary/aromatic N) is 1. The highest BCUT2D eigenvalue weighted by Gasteiger charge is 2.13. The molecule has 0 amide bonds. The van der Waals surface area contributed by atoms with Crippen LogP contribution in [0.3, 0.4) is 0 Å². The molecule has 1 aromatic carbocycles. The average molecular weight is 274 g/mol. The largest absolute Gasteiger partial charge is 0.495 e. The van der Waals surface area contributed by atoms with Crippen molar-refractivity contribution in [3.05, 3.63) is 53.9 Å². The molecule has 1 aromatic heterocycles. The fraction of sp³-hybridized carbons (Fsp3) is 0.267. The lowest BCUT2D eigenvalue weighted by Gasteiger charge is -2.17. The molecular formula is C15H18N2OS. The molecule has 0 aliphatic rings. The van der Waals surface area contributed by atoms with Crippen LogP contribution in [0.1, 0.15) is 17.2 Å². The second-order valence-electron chi connectivity index (χ2n) is 4.15. The van der Waals surface area contributed by atoms with Gasteiger partial charge < -0.3 is 10.1 Å². The molecule has 0 aliphatic heterocycles. The van der Waals surface area contributed by atoms with Crippen LogP contribution in [-0.4, -0.2) is 25.4 Å². The van der Waals surface area contributed by atoms with Crippen LogP contribution in [0, 0.1) is 0 Å². The quantitative estimate of drug-likeness (QED) is 0.850. The molecule has 0 bridgehead atoms. The van der Waals surface area contributed by atoms with E-state index in [4.69, 9.17) is 4.74 Å². The lowest BCUT2D eigenvalue weighted by atomic mass is 10.0. The monoisotopic (exact) mass is 274 g/mol. The molecule has 100 valence electrons. The van der Waals surface area contributed by atoms with Crippen molar-refractivity contribution in [2.24, 2.45) is 0 Å². The summed E-state index contributed by atoms with van der Waals surface area (Å²) in [6, 6.07) is 10.7. The van der Waals surface area contributed by atoms with Crippen molar-refractivity contribution in [1.82, 2.24) is 10.3 Å². The number of benzene rings is 1. The second kappa shape index (κ2) is 6.59. The van der Waals surface area contributed by atoms with Crippen molar-refractivity contribution in [3.8, 4) is 5.75 Å². The first-order valence-electron chi connectivity index (χ1n) is 6.08. The van der Waals surface area contributed by atoms with Crippen molar-refractivity contribution in [2.45, 2.75) is 10.9 Å². The molecule has 19 heavy (non-hydrogen) atoms. The molecule has 1 atom stereocenters. The Labute approximate surface area is 118 Å². The van der Waals surface area contributed by atoms with E-state index in [-0.39, 0.29) is 6.04 Å². The number of rotatable bonds is 5. The van der Waals surface area contributed by atoms with Crippen LogP contribution in [-0.2, 0) is 0 Å². The fourth-order valence-corrected chi connectivity index (χ4v) is 2.44. The highest BCUT2D eigenvalue weighted by atomic mass is 32.2. The third kappa shape index (κ3) is 3.28. The van der Waals surface area contributed by atoms with Crippen LogP contribution in [0.25, 0.3) is 0 Å². The Morgan fingerprint density at radius 1 is 1.16 bits per heavy atom. The third-order valence-corrected chi connectivity index (χ3v) is 3.78. The third-order valence-electron chi connectivity index (χ3n) is 3.04. The normalized spacial score (nSPS) is 12.2. The summed E-state index contributed by atoms with van der Waals surface area (Å²) in [6.07, 6.45) is 5.66. The van der Waals surface area contributed by atoms with Gasteiger partial charge in [0.15, 0.2) is 0 Å². The van der Waals surface area contributed by atoms with E-state index in [9.17, 15) is 0 Å². The minimum Gasteiger partial charge on any atom is -0.495 e. The first-order valence-corrected chi connectivity index (χ1v) is 7.31. The van der Waals surface area contributed by atoms with Gasteiger partial charge >= 0.3 is 0 Å². The zero-order chi connectivity index (χ0) is 13.7. The fourth-order valence-electron chi connectivity index (χ4n) is 2.03. The molecule has 3 nitrogen and oxygen atoms in total. The summed E-state index contributed by atoms with van der Waals surface area (Å²) >= 11 is 1.75.